The highest BCUT2D eigenvalue weighted by Crippen LogP contribution is 2.27. The van der Waals surface area contributed by atoms with E-state index in [1.165, 1.54) is 12.8 Å². The predicted molar refractivity (Wildman–Crippen MR) is 87.3 cm³/mol. The Hall–Kier alpha value is -1.07. The van der Waals surface area contributed by atoms with Gasteiger partial charge in [-0.3, -0.25) is 4.79 Å². The number of amides is 1. The van der Waals surface area contributed by atoms with Crippen LogP contribution in [-0.2, 0) is 11.2 Å². The lowest BCUT2D eigenvalue weighted by Gasteiger charge is -2.15. The van der Waals surface area contributed by atoms with Crippen molar-refractivity contribution in [2.75, 3.05) is 13.2 Å². The summed E-state index contributed by atoms with van der Waals surface area (Å²) < 4.78 is 6.66. The van der Waals surface area contributed by atoms with Crippen LogP contribution in [0, 0.1) is 5.92 Å². The average Bonchev–Trinajstić information content (AvgIpc) is 3.28. The largest absolute Gasteiger partial charge is 0.483 e. The van der Waals surface area contributed by atoms with E-state index in [9.17, 15) is 4.79 Å². The Bertz CT molecular complexity index is 489. The Labute approximate surface area is 134 Å². The minimum absolute atomic E-state index is 0.0582. The molecule has 1 fully saturated rings. The third kappa shape index (κ3) is 5.67. The number of hydrogen-bond donors (Lipinski definition) is 2. The van der Waals surface area contributed by atoms with Crippen molar-refractivity contribution >= 4 is 21.8 Å². The summed E-state index contributed by atoms with van der Waals surface area (Å²) in [5.41, 5.74) is 7.05. The molecule has 116 valence electrons. The molecule has 2 rings (SSSR count). The number of halogens is 1. The standard InChI is InChI=1S/C16H23BrN2O2/c1-2-14(18)8-12-7-13(17)5-6-15(12)21-10-16(20)19-9-11-3-4-11/h5-7,11,14H,2-4,8-10,18H2,1H3,(H,19,20). The van der Waals surface area contributed by atoms with E-state index in [2.05, 4.69) is 28.2 Å². The monoisotopic (exact) mass is 354 g/mol. The van der Waals surface area contributed by atoms with Crippen LogP contribution in [0.2, 0.25) is 0 Å². The van der Waals surface area contributed by atoms with Crippen molar-refractivity contribution in [1.82, 2.24) is 5.32 Å². The number of nitrogens with two attached hydrogens (primary N) is 1. The van der Waals surface area contributed by atoms with E-state index in [4.69, 9.17) is 10.5 Å². The molecule has 3 N–H and O–H groups in total. The number of nitrogens with one attached hydrogen (secondary N) is 1. The first kappa shape index (κ1) is 16.3. The molecule has 4 nitrogen and oxygen atoms in total. The van der Waals surface area contributed by atoms with Gasteiger partial charge in [-0.2, -0.15) is 0 Å². The second kappa shape index (κ2) is 7.80. The number of ether oxygens (including phenoxy) is 1. The van der Waals surface area contributed by atoms with Gasteiger partial charge in [0.1, 0.15) is 5.75 Å². The molecule has 5 heteroatoms. The molecule has 1 aliphatic rings. The summed E-state index contributed by atoms with van der Waals surface area (Å²) >= 11 is 3.46. The Morgan fingerprint density at radius 3 is 2.95 bits per heavy atom. The summed E-state index contributed by atoms with van der Waals surface area (Å²) in [7, 11) is 0. The minimum atomic E-state index is -0.0597. The van der Waals surface area contributed by atoms with Crippen molar-refractivity contribution in [1.29, 1.82) is 0 Å². The fourth-order valence-electron chi connectivity index (χ4n) is 2.05. The van der Waals surface area contributed by atoms with Crippen molar-refractivity contribution in [3.8, 4) is 5.75 Å². The SMILES string of the molecule is CCC(N)Cc1cc(Br)ccc1OCC(=O)NCC1CC1. The number of rotatable bonds is 8. The van der Waals surface area contributed by atoms with E-state index < -0.39 is 0 Å². The normalized spacial score (nSPS) is 15.6. The van der Waals surface area contributed by atoms with Crippen molar-refractivity contribution in [3.63, 3.8) is 0 Å². The van der Waals surface area contributed by atoms with Gasteiger partial charge in [-0.25, -0.2) is 0 Å². The van der Waals surface area contributed by atoms with Crippen molar-refractivity contribution in [3.05, 3.63) is 28.2 Å². The van der Waals surface area contributed by atoms with Crippen molar-refractivity contribution < 1.29 is 9.53 Å². The lowest BCUT2D eigenvalue weighted by Crippen LogP contribution is -2.30. The van der Waals surface area contributed by atoms with Gasteiger partial charge in [0.2, 0.25) is 0 Å². The van der Waals surface area contributed by atoms with Gasteiger partial charge in [0, 0.05) is 17.1 Å². The summed E-state index contributed by atoms with van der Waals surface area (Å²) in [5, 5.41) is 2.90. The molecule has 0 aromatic heterocycles. The van der Waals surface area contributed by atoms with E-state index in [0.717, 1.165) is 35.2 Å². The van der Waals surface area contributed by atoms with Crippen LogP contribution in [0.15, 0.2) is 22.7 Å². The molecule has 0 heterocycles. The van der Waals surface area contributed by atoms with Gasteiger partial charge >= 0.3 is 0 Å². The topological polar surface area (TPSA) is 64.3 Å². The number of carbonyl (C=O) groups is 1. The maximum atomic E-state index is 11.7. The quantitative estimate of drug-likeness (QED) is 0.754. The number of carbonyl (C=O) groups excluding carboxylic acids is 1. The first-order valence-corrected chi connectivity index (χ1v) is 8.31. The highest BCUT2D eigenvalue weighted by Gasteiger charge is 2.21. The van der Waals surface area contributed by atoms with Gasteiger partial charge in [-0.05, 0) is 55.4 Å². The fraction of sp³-hybridized carbons (Fsp3) is 0.562. The van der Waals surface area contributed by atoms with Gasteiger partial charge in [-0.1, -0.05) is 22.9 Å². The molecule has 1 aromatic rings. The summed E-state index contributed by atoms with van der Waals surface area (Å²) in [5.74, 6) is 1.36. The molecule has 1 aromatic carbocycles. The Kier molecular flexibility index (Phi) is 6.06. The summed E-state index contributed by atoms with van der Waals surface area (Å²) in [6.45, 7) is 2.90. The van der Waals surface area contributed by atoms with E-state index >= 15 is 0 Å². The Morgan fingerprint density at radius 1 is 1.52 bits per heavy atom. The van der Waals surface area contributed by atoms with Crippen LogP contribution >= 0.6 is 15.9 Å². The molecule has 21 heavy (non-hydrogen) atoms. The molecule has 1 amide bonds. The average molecular weight is 355 g/mol. The molecule has 1 atom stereocenters. The predicted octanol–water partition coefficient (Wildman–Crippen LogP) is 2.63. The van der Waals surface area contributed by atoms with Crippen LogP contribution in [0.3, 0.4) is 0 Å². The molecule has 0 bridgehead atoms. The number of hydrogen-bond acceptors (Lipinski definition) is 3. The van der Waals surface area contributed by atoms with Crippen LogP contribution in [0.1, 0.15) is 31.7 Å². The van der Waals surface area contributed by atoms with Crippen molar-refractivity contribution in [2.24, 2.45) is 11.7 Å². The molecule has 0 aliphatic heterocycles. The van der Waals surface area contributed by atoms with Gasteiger partial charge < -0.3 is 15.8 Å². The molecule has 0 spiro atoms. The van der Waals surface area contributed by atoms with Crippen LogP contribution in [0.4, 0.5) is 0 Å². The van der Waals surface area contributed by atoms with Gasteiger partial charge in [-0.15, -0.1) is 0 Å². The first-order valence-electron chi connectivity index (χ1n) is 7.52. The van der Waals surface area contributed by atoms with Gasteiger partial charge in [0.25, 0.3) is 5.91 Å². The maximum absolute atomic E-state index is 11.7. The zero-order chi connectivity index (χ0) is 15.2. The molecular formula is C16H23BrN2O2. The van der Waals surface area contributed by atoms with Crippen LogP contribution < -0.4 is 15.8 Å². The maximum Gasteiger partial charge on any atom is 0.257 e. The van der Waals surface area contributed by atoms with E-state index in [0.29, 0.717) is 5.92 Å². The van der Waals surface area contributed by atoms with Crippen LogP contribution in [0.25, 0.3) is 0 Å². The zero-order valence-electron chi connectivity index (χ0n) is 12.4. The number of benzene rings is 1. The highest BCUT2D eigenvalue weighted by molar-refractivity contribution is 9.10. The zero-order valence-corrected chi connectivity index (χ0v) is 14.0. The second-order valence-electron chi connectivity index (χ2n) is 5.66. The molecule has 1 unspecified atom stereocenters. The molecule has 1 aliphatic carbocycles. The first-order chi connectivity index (χ1) is 10.1. The highest BCUT2D eigenvalue weighted by atomic mass is 79.9. The van der Waals surface area contributed by atoms with Gasteiger partial charge in [0.05, 0.1) is 0 Å². The molecule has 1 saturated carbocycles. The van der Waals surface area contributed by atoms with Crippen LogP contribution in [0.5, 0.6) is 5.75 Å². The Morgan fingerprint density at radius 2 is 2.29 bits per heavy atom. The van der Waals surface area contributed by atoms with E-state index in [1.54, 1.807) is 0 Å². The van der Waals surface area contributed by atoms with Crippen LogP contribution in [-0.4, -0.2) is 25.1 Å². The Balaban J connectivity index is 1.89. The summed E-state index contributed by atoms with van der Waals surface area (Å²) in [6.07, 6.45) is 4.11. The molecule has 0 saturated heterocycles. The fourth-order valence-corrected chi connectivity index (χ4v) is 2.46. The van der Waals surface area contributed by atoms with Crippen molar-refractivity contribution in [2.45, 2.75) is 38.6 Å². The molecule has 0 radical (unpaired) electrons. The lowest BCUT2D eigenvalue weighted by atomic mass is 10.0. The summed E-state index contributed by atoms with van der Waals surface area (Å²) in [4.78, 5) is 11.7. The van der Waals surface area contributed by atoms with E-state index in [-0.39, 0.29) is 18.6 Å². The summed E-state index contributed by atoms with van der Waals surface area (Å²) in [6, 6.07) is 5.91. The lowest BCUT2D eigenvalue weighted by molar-refractivity contribution is -0.123. The molecular weight excluding hydrogens is 332 g/mol. The third-order valence-electron chi connectivity index (χ3n) is 3.67. The minimum Gasteiger partial charge on any atom is -0.483 e. The van der Waals surface area contributed by atoms with E-state index in [1.807, 2.05) is 18.2 Å². The third-order valence-corrected chi connectivity index (χ3v) is 4.17. The second-order valence-corrected chi connectivity index (χ2v) is 6.58. The van der Waals surface area contributed by atoms with Gasteiger partial charge in [0.15, 0.2) is 6.61 Å². The smallest absolute Gasteiger partial charge is 0.257 e.